The van der Waals surface area contributed by atoms with Crippen molar-refractivity contribution in [3.8, 4) is 0 Å². The van der Waals surface area contributed by atoms with Crippen LogP contribution < -0.4 is 0 Å². The molecule has 0 aliphatic heterocycles. The fourth-order valence-corrected chi connectivity index (χ4v) is 3.07. The molecule has 0 saturated heterocycles. The maximum atomic E-state index is 12.6. The van der Waals surface area contributed by atoms with Gasteiger partial charge in [-0.25, -0.2) is 0 Å². The molecule has 0 fully saturated rings. The predicted molar refractivity (Wildman–Crippen MR) is 108 cm³/mol. The summed E-state index contributed by atoms with van der Waals surface area (Å²) in [5, 5.41) is 0. The third-order valence-corrected chi connectivity index (χ3v) is 4.93. The van der Waals surface area contributed by atoms with Gasteiger partial charge in [0.05, 0.1) is 0 Å². The van der Waals surface area contributed by atoms with E-state index in [9.17, 15) is 4.79 Å². The Bertz CT molecular complexity index is 680. The monoisotopic (exact) mass is 402 g/mol. The highest BCUT2D eigenvalue weighted by Gasteiger charge is 2.13. The molecule has 0 radical (unpaired) electrons. The van der Waals surface area contributed by atoms with Gasteiger partial charge in [0.15, 0.2) is 0 Å². The number of amides is 1. The van der Waals surface area contributed by atoms with Crippen molar-refractivity contribution in [3.63, 3.8) is 0 Å². The maximum Gasteiger partial charge on any atom is 0.253 e. The van der Waals surface area contributed by atoms with Crippen LogP contribution in [0.1, 0.15) is 42.3 Å². The molecule has 0 spiro atoms. The Morgan fingerprint density at radius 2 is 1.48 bits per heavy atom. The van der Waals surface area contributed by atoms with Crippen molar-refractivity contribution in [3.05, 3.63) is 69.7 Å². The Labute approximate surface area is 159 Å². The van der Waals surface area contributed by atoms with E-state index in [1.165, 1.54) is 5.56 Å². The first-order valence-electron chi connectivity index (χ1n) is 8.73. The van der Waals surface area contributed by atoms with Crippen molar-refractivity contribution in [1.82, 2.24) is 9.80 Å². The predicted octanol–water partition coefficient (Wildman–Crippen LogP) is 4.95. The fraction of sp³-hybridized carbons (Fsp3) is 0.381. The van der Waals surface area contributed by atoms with Crippen LogP contribution in [-0.4, -0.2) is 35.3 Å². The highest BCUT2D eigenvalue weighted by atomic mass is 79.9. The van der Waals surface area contributed by atoms with Gasteiger partial charge in [-0.1, -0.05) is 47.1 Å². The lowest BCUT2D eigenvalue weighted by molar-refractivity contribution is 0.0785. The lowest BCUT2D eigenvalue weighted by Gasteiger charge is -2.25. The SMILES string of the molecule is CCN(Cc1ccc(C(=O)N(C)Cc2ccc(Br)cc2)cc1)C(C)C. The first-order valence-corrected chi connectivity index (χ1v) is 9.53. The third-order valence-electron chi connectivity index (χ3n) is 4.40. The smallest absolute Gasteiger partial charge is 0.253 e. The number of carbonyl (C=O) groups is 1. The highest BCUT2D eigenvalue weighted by molar-refractivity contribution is 9.10. The highest BCUT2D eigenvalue weighted by Crippen LogP contribution is 2.14. The van der Waals surface area contributed by atoms with Crippen LogP contribution in [0.4, 0.5) is 0 Å². The van der Waals surface area contributed by atoms with E-state index in [0.717, 1.165) is 28.7 Å². The van der Waals surface area contributed by atoms with Gasteiger partial charge in [0.2, 0.25) is 0 Å². The minimum atomic E-state index is 0.0469. The van der Waals surface area contributed by atoms with Crippen molar-refractivity contribution < 1.29 is 4.79 Å². The van der Waals surface area contributed by atoms with Crippen molar-refractivity contribution in [2.45, 2.75) is 39.9 Å². The zero-order valence-electron chi connectivity index (χ0n) is 15.5. The second kappa shape index (κ2) is 9.16. The molecule has 25 heavy (non-hydrogen) atoms. The Kier molecular flexibility index (Phi) is 7.21. The van der Waals surface area contributed by atoms with Gasteiger partial charge in [0.1, 0.15) is 0 Å². The Morgan fingerprint density at radius 3 is 2.00 bits per heavy atom. The van der Waals surface area contributed by atoms with Gasteiger partial charge in [-0.15, -0.1) is 0 Å². The van der Waals surface area contributed by atoms with Crippen molar-refractivity contribution in [2.75, 3.05) is 13.6 Å². The molecule has 0 aliphatic rings. The van der Waals surface area contributed by atoms with E-state index in [2.05, 4.69) is 53.7 Å². The minimum Gasteiger partial charge on any atom is -0.337 e. The van der Waals surface area contributed by atoms with Gasteiger partial charge >= 0.3 is 0 Å². The summed E-state index contributed by atoms with van der Waals surface area (Å²) in [4.78, 5) is 16.8. The molecular weight excluding hydrogens is 376 g/mol. The summed E-state index contributed by atoms with van der Waals surface area (Å²) >= 11 is 3.43. The average molecular weight is 403 g/mol. The molecule has 0 N–H and O–H groups in total. The molecule has 1 amide bonds. The van der Waals surface area contributed by atoms with E-state index in [4.69, 9.17) is 0 Å². The summed E-state index contributed by atoms with van der Waals surface area (Å²) in [7, 11) is 1.84. The molecule has 0 atom stereocenters. The van der Waals surface area contributed by atoms with E-state index >= 15 is 0 Å². The zero-order valence-corrected chi connectivity index (χ0v) is 17.1. The number of hydrogen-bond acceptors (Lipinski definition) is 2. The molecule has 134 valence electrons. The van der Waals surface area contributed by atoms with Crippen LogP contribution in [0.25, 0.3) is 0 Å². The molecule has 4 heteroatoms. The minimum absolute atomic E-state index is 0.0469. The maximum absolute atomic E-state index is 12.6. The van der Waals surface area contributed by atoms with Crippen LogP contribution in [0.2, 0.25) is 0 Å². The van der Waals surface area contributed by atoms with Crippen LogP contribution in [0, 0.1) is 0 Å². The number of hydrogen-bond donors (Lipinski definition) is 0. The largest absolute Gasteiger partial charge is 0.337 e. The van der Waals surface area contributed by atoms with Crippen LogP contribution in [0.5, 0.6) is 0 Å². The van der Waals surface area contributed by atoms with E-state index in [1.807, 2.05) is 43.4 Å². The first-order chi connectivity index (χ1) is 11.9. The quantitative estimate of drug-likeness (QED) is 0.653. The normalized spacial score (nSPS) is 11.2. The molecule has 0 unspecified atom stereocenters. The fourth-order valence-electron chi connectivity index (χ4n) is 2.80. The number of nitrogens with zero attached hydrogens (tertiary/aromatic N) is 2. The number of benzene rings is 2. The van der Waals surface area contributed by atoms with Gasteiger partial charge in [0.25, 0.3) is 5.91 Å². The standard InChI is InChI=1S/C21H27BrN2O/c1-5-24(16(2)3)15-18-6-10-19(11-7-18)21(25)23(4)14-17-8-12-20(22)13-9-17/h6-13,16H,5,14-15H2,1-4H3. The van der Waals surface area contributed by atoms with E-state index in [0.29, 0.717) is 12.6 Å². The number of carbonyl (C=O) groups excluding carboxylic acids is 1. The summed E-state index contributed by atoms with van der Waals surface area (Å²) in [6, 6.07) is 16.6. The molecule has 0 heterocycles. The van der Waals surface area contributed by atoms with E-state index < -0.39 is 0 Å². The third kappa shape index (κ3) is 5.68. The van der Waals surface area contributed by atoms with Crippen LogP contribution >= 0.6 is 15.9 Å². The lowest BCUT2D eigenvalue weighted by Crippen LogP contribution is -2.30. The zero-order chi connectivity index (χ0) is 18.4. The van der Waals surface area contributed by atoms with Crippen LogP contribution in [0.3, 0.4) is 0 Å². The summed E-state index contributed by atoms with van der Waals surface area (Å²) < 4.78 is 1.04. The van der Waals surface area contributed by atoms with E-state index in [-0.39, 0.29) is 5.91 Å². The summed E-state index contributed by atoms with van der Waals surface area (Å²) in [5.74, 6) is 0.0469. The topological polar surface area (TPSA) is 23.6 Å². The number of halogens is 1. The molecule has 0 bridgehead atoms. The van der Waals surface area contributed by atoms with Gasteiger partial charge in [-0.3, -0.25) is 9.69 Å². The molecule has 2 rings (SSSR count). The van der Waals surface area contributed by atoms with Gasteiger partial charge in [0, 0.05) is 36.2 Å². The van der Waals surface area contributed by atoms with Crippen LogP contribution in [-0.2, 0) is 13.1 Å². The second-order valence-corrected chi connectivity index (χ2v) is 7.56. The average Bonchev–Trinajstić information content (AvgIpc) is 2.61. The number of rotatable bonds is 7. The molecule has 0 saturated carbocycles. The molecule has 0 aliphatic carbocycles. The lowest BCUT2D eigenvalue weighted by atomic mass is 10.1. The Hall–Kier alpha value is -1.65. The van der Waals surface area contributed by atoms with Crippen LogP contribution in [0.15, 0.2) is 53.0 Å². The Balaban J connectivity index is 2.00. The first kappa shape index (κ1) is 19.7. The van der Waals surface area contributed by atoms with Gasteiger partial charge in [-0.2, -0.15) is 0 Å². The van der Waals surface area contributed by atoms with Crippen molar-refractivity contribution in [1.29, 1.82) is 0 Å². The molecule has 2 aromatic rings. The second-order valence-electron chi connectivity index (χ2n) is 6.64. The van der Waals surface area contributed by atoms with Crippen molar-refractivity contribution in [2.24, 2.45) is 0 Å². The Morgan fingerprint density at radius 1 is 0.960 bits per heavy atom. The van der Waals surface area contributed by atoms with Crippen molar-refractivity contribution >= 4 is 21.8 Å². The van der Waals surface area contributed by atoms with Gasteiger partial charge in [-0.05, 0) is 55.8 Å². The summed E-state index contributed by atoms with van der Waals surface area (Å²) in [6.07, 6.45) is 0. The van der Waals surface area contributed by atoms with Gasteiger partial charge < -0.3 is 4.90 Å². The summed E-state index contributed by atoms with van der Waals surface area (Å²) in [5.41, 5.74) is 3.09. The summed E-state index contributed by atoms with van der Waals surface area (Å²) in [6.45, 7) is 9.13. The molecule has 3 nitrogen and oxygen atoms in total. The molecule has 0 aromatic heterocycles. The molecular formula is C21H27BrN2O. The van der Waals surface area contributed by atoms with E-state index in [1.54, 1.807) is 4.90 Å². The molecule has 2 aromatic carbocycles.